The van der Waals surface area contributed by atoms with Crippen molar-refractivity contribution >= 4 is 11.6 Å². The number of nitrogens with zero attached hydrogens (tertiary/aromatic N) is 4. The van der Waals surface area contributed by atoms with Gasteiger partial charge in [0, 0.05) is 20.6 Å². The maximum absolute atomic E-state index is 11.0. The van der Waals surface area contributed by atoms with Crippen molar-refractivity contribution in [3.8, 4) is 0 Å². The molecule has 0 radical (unpaired) electrons. The lowest BCUT2D eigenvalue weighted by atomic mass is 10.2. The number of hydrogen-bond donors (Lipinski definition) is 1. The van der Waals surface area contributed by atoms with Gasteiger partial charge in [0.25, 0.3) is 0 Å². The molecule has 1 heterocycles. The van der Waals surface area contributed by atoms with E-state index in [-0.39, 0.29) is 19.0 Å². The number of imidazole rings is 1. The van der Waals surface area contributed by atoms with Gasteiger partial charge in [-0.2, -0.15) is 0 Å². The van der Waals surface area contributed by atoms with Crippen LogP contribution in [0.5, 0.6) is 0 Å². The number of hydrogen-bond acceptors (Lipinski definition) is 6. The Morgan fingerprint density at radius 2 is 2.13 bits per heavy atom. The maximum Gasteiger partial charge on any atom is 0.406 e. The Labute approximate surface area is 134 Å². The summed E-state index contributed by atoms with van der Waals surface area (Å²) in [5.74, 6) is 0.115. The van der Waals surface area contributed by atoms with Crippen molar-refractivity contribution in [2.45, 2.75) is 12.7 Å². The number of nitro groups is 1. The fraction of sp³-hybridized carbons (Fsp3) is 0.400. The van der Waals surface area contributed by atoms with Crippen LogP contribution in [0, 0.1) is 10.1 Å². The predicted molar refractivity (Wildman–Crippen MR) is 85.2 cm³/mol. The molecule has 0 saturated heterocycles. The van der Waals surface area contributed by atoms with Crippen LogP contribution in [0.15, 0.2) is 36.7 Å². The molecular formula is C15H20N4O4. The second-order valence-electron chi connectivity index (χ2n) is 5.29. The lowest BCUT2D eigenvalue weighted by Crippen LogP contribution is -2.33. The summed E-state index contributed by atoms with van der Waals surface area (Å²) in [6, 6.07) is 9.65. The quantitative estimate of drug-likeness (QED) is 0.583. The summed E-state index contributed by atoms with van der Waals surface area (Å²) >= 11 is 0. The van der Waals surface area contributed by atoms with Crippen LogP contribution in [0.4, 0.5) is 11.6 Å². The highest BCUT2D eigenvalue weighted by molar-refractivity contribution is 5.54. The SMILES string of the molecule is CN(CC(O)COCc1ccccc1)c1c([N+](=O)[O-])ncn1C. The molecule has 1 aromatic heterocycles. The zero-order valence-corrected chi connectivity index (χ0v) is 13.1. The number of aromatic nitrogens is 2. The highest BCUT2D eigenvalue weighted by Gasteiger charge is 2.24. The van der Waals surface area contributed by atoms with Gasteiger partial charge in [-0.1, -0.05) is 30.3 Å². The second kappa shape index (κ2) is 7.70. The number of ether oxygens (including phenoxy) is 1. The summed E-state index contributed by atoms with van der Waals surface area (Å²) in [4.78, 5) is 15.8. The first-order valence-electron chi connectivity index (χ1n) is 7.15. The van der Waals surface area contributed by atoms with Crippen LogP contribution >= 0.6 is 0 Å². The van der Waals surface area contributed by atoms with E-state index in [1.165, 1.54) is 6.33 Å². The Bertz CT molecular complexity index is 644. The molecule has 0 amide bonds. The normalized spacial score (nSPS) is 12.1. The summed E-state index contributed by atoms with van der Waals surface area (Å²) in [7, 11) is 3.34. The first-order valence-corrected chi connectivity index (χ1v) is 7.15. The third-order valence-electron chi connectivity index (χ3n) is 3.33. The van der Waals surface area contributed by atoms with Crippen LogP contribution in [0.25, 0.3) is 0 Å². The van der Waals surface area contributed by atoms with Gasteiger partial charge >= 0.3 is 5.82 Å². The lowest BCUT2D eigenvalue weighted by molar-refractivity contribution is -0.388. The van der Waals surface area contributed by atoms with Gasteiger partial charge in [0.15, 0.2) is 0 Å². The van der Waals surface area contributed by atoms with Crippen LogP contribution in [0.2, 0.25) is 0 Å². The van der Waals surface area contributed by atoms with Gasteiger partial charge in [-0.15, -0.1) is 0 Å². The first kappa shape index (κ1) is 16.9. The minimum absolute atomic E-state index is 0.144. The summed E-state index contributed by atoms with van der Waals surface area (Å²) < 4.78 is 7.03. The zero-order chi connectivity index (χ0) is 16.8. The van der Waals surface area contributed by atoms with Crippen LogP contribution < -0.4 is 4.90 Å². The number of anilines is 1. The fourth-order valence-corrected chi connectivity index (χ4v) is 2.32. The number of aryl methyl sites for hydroxylation is 1. The minimum atomic E-state index is -0.766. The third kappa shape index (κ3) is 4.51. The number of rotatable bonds is 8. The molecule has 8 nitrogen and oxygen atoms in total. The smallest absolute Gasteiger partial charge is 0.389 e. The van der Waals surface area contributed by atoms with Crippen molar-refractivity contribution in [1.82, 2.24) is 9.55 Å². The molecule has 0 aliphatic heterocycles. The molecular weight excluding hydrogens is 300 g/mol. The molecule has 23 heavy (non-hydrogen) atoms. The Kier molecular flexibility index (Phi) is 5.67. The number of aliphatic hydroxyl groups is 1. The molecule has 124 valence electrons. The fourth-order valence-electron chi connectivity index (χ4n) is 2.32. The molecule has 0 aliphatic rings. The van der Waals surface area contributed by atoms with Crippen LogP contribution in [-0.4, -0.2) is 45.9 Å². The number of benzene rings is 1. The Morgan fingerprint density at radius 1 is 1.43 bits per heavy atom. The largest absolute Gasteiger partial charge is 0.406 e. The van der Waals surface area contributed by atoms with E-state index in [9.17, 15) is 15.2 Å². The molecule has 2 rings (SSSR count). The van der Waals surface area contributed by atoms with Crippen molar-refractivity contribution in [3.05, 3.63) is 52.3 Å². The van der Waals surface area contributed by atoms with Gasteiger partial charge in [-0.25, -0.2) is 0 Å². The van der Waals surface area contributed by atoms with Crippen LogP contribution in [0.1, 0.15) is 5.56 Å². The second-order valence-corrected chi connectivity index (χ2v) is 5.29. The van der Waals surface area contributed by atoms with Crippen LogP contribution in [0.3, 0.4) is 0 Å². The summed E-state index contributed by atoms with van der Waals surface area (Å²) in [5, 5.41) is 21.0. The van der Waals surface area contributed by atoms with Gasteiger partial charge in [-0.3, -0.25) is 4.57 Å². The number of likely N-dealkylation sites (N-methyl/N-ethyl adjacent to an activating group) is 1. The Morgan fingerprint density at radius 3 is 2.78 bits per heavy atom. The van der Waals surface area contributed by atoms with E-state index in [4.69, 9.17) is 4.74 Å². The van der Waals surface area contributed by atoms with Gasteiger partial charge < -0.3 is 24.9 Å². The van der Waals surface area contributed by atoms with Gasteiger partial charge in [0.2, 0.25) is 12.1 Å². The monoisotopic (exact) mass is 320 g/mol. The van der Waals surface area contributed by atoms with Gasteiger partial charge in [0.05, 0.1) is 19.3 Å². The minimum Gasteiger partial charge on any atom is -0.389 e. The molecule has 1 unspecified atom stereocenters. The highest BCUT2D eigenvalue weighted by Crippen LogP contribution is 2.24. The Balaban J connectivity index is 1.86. The molecule has 2 aromatic rings. The van der Waals surface area contributed by atoms with Crippen LogP contribution in [-0.2, 0) is 18.4 Å². The third-order valence-corrected chi connectivity index (χ3v) is 3.33. The topological polar surface area (TPSA) is 93.7 Å². The van der Waals surface area contributed by atoms with Gasteiger partial charge in [-0.05, 0) is 15.5 Å². The zero-order valence-electron chi connectivity index (χ0n) is 13.1. The molecule has 8 heteroatoms. The molecule has 1 aromatic carbocycles. The van der Waals surface area contributed by atoms with Crippen molar-refractivity contribution in [3.63, 3.8) is 0 Å². The number of aliphatic hydroxyl groups excluding tert-OH is 1. The van der Waals surface area contributed by atoms with E-state index in [1.54, 1.807) is 23.6 Å². The highest BCUT2D eigenvalue weighted by atomic mass is 16.6. The van der Waals surface area contributed by atoms with Crippen molar-refractivity contribution in [2.24, 2.45) is 7.05 Å². The predicted octanol–water partition coefficient (Wildman–Crippen LogP) is 1.34. The standard InChI is InChI=1S/C15H20N4O4/c1-17(15-14(19(21)22)16-11-18(15)2)8-13(20)10-23-9-12-6-4-3-5-7-12/h3-7,11,13,20H,8-10H2,1-2H3. The molecule has 0 fully saturated rings. The van der Waals surface area contributed by atoms with E-state index in [0.717, 1.165) is 5.56 Å². The molecule has 1 atom stereocenters. The molecule has 0 spiro atoms. The average Bonchev–Trinajstić information content (AvgIpc) is 2.90. The van der Waals surface area contributed by atoms with E-state index in [1.807, 2.05) is 30.3 Å². The summed E-state index contributed by atoms with van der Waals surface area (Å²) in [6.07, 6.45) is 0.612. The van der Waals surface area contributed by atoms with E-state index >= 15 is 0 Å². The molecule has 1 N–H and O–H groups in total. The molecule has 0 aliphatic carbocycles. The molecule has 0 bridgehead atoms. The van der Waals surface area contributed by atoms with Gasteiger partial charge in [0.1, 0.15) is 0 Å². The lowest BCUT2D eigenvalue weighted by Gasteiger charge is -2.21. The van der Waals surface area contributed by atoms with Crippen molar-refractivity contribution in [2.75, 3.05) is 25.1 Å². The summed E-state index contributed by atoms with van der Waals surface area (Å²) in [5.41, 5.74) is 1.02. The van der Waals surface area contributed by atoms with E-state index < -0.39 is 11.0 Å². The average molecular weight is 320 g/mol. The summed E-state index contributed by atoms with van der Waals surface area (Å²) in [6.45, 7) is 0.757. The molecule has 0 saturated carbocycles. The first-order chi connectivity index (χ1) is 11.0. The van der Waals surface area contributed by atoms with Crippen molar-refractivity contribution in [1.29, 1.82) is 0 Å². The van der Waals surface area contributed by atoms with E-state index in [0.29, 0.717) is 12.4 Å². The maximum atomic E-state index is 11.0. The van der Waals surface area contributed by atoms with Crippen molar-refractivity contribution < 1.29 is 14.8 Å². The van der Waals surface area contributed by atoms with E-state index in [2.05, 4.69) is 4.98 Å². The Hall–Kier alpha value is -2.45.